The van der Waals surface area contributed by atoms with Gasteiger partial charge in [-0.05, 0) is 37.2 Å². The van der Waals surface area contributed by atoms with E-state index in [-0.39, 0.29) is 6.42 Å². The minimum atomic E-state index is -0.981. The van der Waals surface area contributed by atoms with E-state index >= 15 is 0 Å². The zero-order valence-corrected chi connectivity index (χ0v) is 9.80. The van der Waals surface area contributed by atoms with E-state index in [4.69, 9.17) is 5.11 Å². The highest BCUT2D eigenvalue weighted by Crippen LogP contribution is 2.38. The Bertz CT molecular complexity index is 388. The highest BCUT2D eigenvalue weighted by molar-refractivity contribution is 5.68. The van der Waals surface area contributed by atoms with Crippen LogP contribution in [0.1, 0.15) is 31.2 Å². The van der Waals surface area contributed by atoms with Gasteiger partial charge in [-0.3, -0.25) is 4.79 Å². The number of hydrogen-bond acceptors (Lipinski definition) is 2. The topological polar surface area (TPSA) is 57.5 Å². The third kappa shape index (κ3) is 3.30. The third-order valence-electron chi connectivity index (χ3n) is 3.53. The van der Waals surface area contributed by atoms with Crippen LogP contribution in [0.15, 0.2) is 30.3 Å². The Kier molecular flexibility index (Phi) is 3.48. The smallest absolute Gasteiger partial charge is 0.306 e. The van der Waals surface area contributed by atoms with E-state index in [1.807, 2.05) is 18.2 Å². The van der Waals surface area contributed by atoms with E-state index in [9.17, 15) is 9.90 Å². The van der Waals surface area contributed by atoms with Crippen LogP contribution in [0.4, 0.5) is 0 Å². The summed E-state index contributed by atoms with van der Waals surface area (Å²) in [5, 5.41) is 18.9. The van der Waals surface area contributed by atoms with Gasteiger partial charge in [0.1, 0.15) is 0 Å². The summed E-state index contributed by atoms with van der Waals surface area (Å²) >= 11 is 0. The molecule has 1 unspecified atom stereocenters. The molecule has 1 saturated carbocycles. The summed E-state index contributed by atoms with van der Waals surface area (Å²) in [6.45, 7) is 0. The Morgan fingerprint density at radius 2 is 2.06 bits per heavy atom. The summed E-state index contributed by atoms with van der Waals surface area (Å²) in [6.07, 6.45) is 2.94. The number of carbonyl (C=O) groups is 1. The van der Waals surface area contributed by atoms with Crippen molar-refractivity contribution in [3.63, 3.8) is 0 Å². The summed E-state index contributed by atoms with van der Waals surface area (Å²) in [6, 6.07) is 10.2. The second kappa shape index (κ2) is 4.88. The van der Waals surface area contributed by atoms with Crippen molar-refractivity contribution in [1.29, 1.82) is 0 Å². The molecule has 0 spiro atoms. The first-order chi connectivity index (χ1) is 8.07. The number of aliphatic hydroxyl groups is 1. The molecule has 92 valence electrons. The lowest BCUT2D eigenvalue weighted by molar-refractivity contribution is -0.142. The fourth-order valence-corrected chi connectivity index (χ4v) is 2.78. The monoisotopic (exact) mass is 234 g/mol. The van der Waals surface area contributed by atoms with Crippen molar-refractivity contribution in [1.82, 2.24) is 0 Å². The molecular weight excluding hydrogens is 216 g/mol. The second-order valence-corrected chi connectivity index (χ2v) is 5.09. The molecule has 0 amide bonds. The summed E-state index contributed by atoms with van der Waals surface area (Å²) in [5.41, 5.74) is 0.280. The molecule has 0 radical (unpaired) electrons. The molecule has 1 fully saturated rings. The summed E-state index contributed by atoms with van der Waals surface area (Å²) in [7, 11) is 0. The van der Waals surface area contributed by atoms with E-state index in [0.29, 0.717) is 18.8 Å². The second-order valence-electron chi connectivity index (χ2n) is 5.09. The lowest BCUT2D eigenvalue weighted by Gasteiger charge is -2.20. The molecule has 2 atom stereocenters. The Morgan fingerprint density at radius 3 is 2.71 bits per heavy atom. The predicted octanol–water partition coefficient (Wildman–Crippen LogP) is 2.24. The zero-order chi connectivity index (χ0) is 12.3. The first-order valence-electron chi connectivity index (χ1n) is 6.05. The first-order valence-corrected chi connectivity index (χ1v) is 6.05. The fraction of sp³-hybridized carbons (Fsp3) is 0.500. The Balaban J connectivity index is 1.92. The maximum absolute atomic E-state index is 10.7. The minimum absolute atomic E-state index is 0.127. The van der Waals surface area contributed by atoms with Crippen LogP contribution in [-0.2, 0) is 11.2 Å². The molecule has 3 nitrogen and oxygen atoms in total. The van der Waals surface area contributed by atoms with E-state index in [2.05, 4.69) is 12.1 Å². The third-order valence-corrected chi connectivity index (χ3v) is 3.53. The molecule has 1 aromatic rings. The van der Waals surface area contributed by atoms with Gasteiger partial charge in [0.25, 0.3) is 0 Å². The lowest BCUT2D eigenvalue weighted by Crippen LogP contribution is -2.28. The summed E-state index contributed by atoms with van der Waals surface area (Å²) < 4.78 is 0. The van der Waals surface area contributed by atoms with Crippen molar-refractivity contribution in [2.24, 2.45) is 5.92 Å². The maximum Gasteiger partial charge on any atom is 0.306 e. The van der Waals surface area contributed by atoms with Gasteiger partial charge in [-0.2, -0.15) is 0 Å². The van der Waals surface area contributed by atoms with Crippen LogP contribution in [0.3, 0.4) is 0 Å². The van der Waals surface area contributed by atoms with E-state index < -0.39 is 11.6 Å². The molecule has 0 aromatic heterocycles. The van der Waals surface area contributed by atoms with E-state index in [1.165, 1.54) is 5.56 Å². The quantitative estimate of drug-likeness (QED) is 0.840. The number of benzene rings is 1. The Labute approximate surface area is 101 Å². The largest absolute Gasteiger partial charge is 0.481 e. The Morgan fingerprint density at radius 1 is 1.35 bits per heavy atom. The maximum atomic E-state index is 10.7. The molecular formula is C14H18O3. The van der Waals surface area contributed by atoms with Gasteiger partial charge < -0.3 is 10.2 Å². The molecule has 0 bridgehead atoms. The number of carboxylic acid groups (broad SMARTS) is 1. The molecule has 1 aliphatic carbocycles. The van der Waals surface area contributed by atoms with Crippen molar-refractivity contribution < 1.29 is 15.0 Å². The van der Waals surface area contributed by atoms with Gasteiger partial charge in [-0.15, -0.1) is 0 Å². The van der Waals surface area contributed by atoms with Gasteiger partial charge in [-0.25, -0.2) is 0 Å². The number of aliphatic carboxylic acids is 1. The van der Waals surface area contributed by atoms with Crippen molar-refractivity contribution in [3.05, 3.63) is 35.9 Å². The average molecular weight is 234 g/mol. The molecule has 2 rings (SSSR count). The molecule has 0 saturated heterocycles. The Hall–Kier alpha value is -1.35. The van der Waals surface area contributed by atoms with Gasteiger partial charge in [0, 0.05) is 0 Å². The van der Waals surface area contributed by atoms with E-state index in [0.717, 1.165) is 12.8 Å². The molecule has 1 aromatic carbocycles. The SMILES string of the molecule is O=C(O)CC1(O)CC[C@@H](Cc2ccccc2)C1. The van der Waals surface area contributed by atoms with Crippen molar-refractivity contribution in [2.75, 3.05) is 0 Å². The molecule has 1 aliphatic rings. The van der Waals surface area contributed by atoms with Crippen LogP contribution < -0.4 is 0 Å². The highest BCUT2D eigenvalue weighted by atomic mass is 16.4. The standard InChI is InChI=1S/C14H18O3/c15-13(16)10-14(17)7-6-12(9-14)8-11-4-2-1-3-5-11/h1-5,12,17H,6-10H2,(H,15,16)/t12-,14?/m0/s1. The van der Waals surface area contributed by atoms with Crippen LogP contribution in [0, 0.1) is 5.92 Å². The molecule has 3 heteroatoms. The van der Waals surface area contributed by atoms with Crippen molar-refractivity contribution in [2.45, 2.75) is 37.7 Å². The summed E-state index contributed by atoms with van der Waals surface area (Å²) in [4.78, 5) is 10.7. The van der Waals surface area contributed by atoms with E-state index in [1.54, 1.807) is 0 Å². The first kappa shape index (κ1) is 12.1. The van der Waals surface area contributed by atoms with Crippen LogP contribution in [0.2, 0.25) is 0 Å². The number of hydrogen-bond donors (Lipinski definition) is 2. The molecule has 0 heterocycles. The normalized spacial score (nSPS) is 28.2. The van der Waals surface area contributed by atoms with Gasteiger partial charge in [0.05, 0.1) is 12.0 Å². The van der Waals surface area contributed by atoms with Gasteiger partial charge in [0.2, 0.25) is 0 Å². The van der Waals surface area contributed by atoms with Crippen LogP contribution in [0.5, 0.6) is 0 Å². The highest BCUT2D eigenvalue weighted by Gasteiger charge is 2.38. The predicted molar refractivity (Wildman–Crippen MR) is 64.7 cm³/mol. The fourth-order valence-electron chi connectivity index (χ4n) is 2.78. The summed E-state index contributed by atoms with van der Waals surface area (Å²) in [5.74, 6) is -0.505. The molecule has 0 aliphatic heterocycles. The van der Waals surface area contributed by atoms with Gasteiger partial charge >= 0.3 is 5.97 Å². The van der Waals surface area contributed by atoms with Crippen molar-refractivity contribution >= 4 is 5.97 Å². The molecule has 2 N–H and O–H groups in total. The minimum Gasteiger partial charge on any atom is -0.481 e. The van der Waals surface area contributed by atoms with Crippen LogP contribution >= 0.6 is 0 Å². The van der Waals surface area contributed by atoms with Crippen molar-refractivity contribution in [3.8, 4) is 0 Å². The average Bonchev–Trinajstić information content (AvgIpc) is 2.60. The number of carboxylic acids is 1. The molecule has 17 heavy (non-hydrogen) atoms. The van der Waals surface area contributed by atoms with Crippen LogP contribution in [-0.4, -0.2) is 21.8 Å². The zero-order valence-electron chi connectivity index (χ0n) is 9.80. The number of rotatable bonds is 4. The van der Waals surface area contributed by atoms with Gasteiger partial charge in [-0.1, -0.05) is 30.3 Å². The van der Waals surface area contributed by atoms with Gasteiger partial charge in [0.15, 0.2) is 0 Å². The lowest BCUT2D eigenvalue weighted by atomic mass is 9.93. The van der Waals surface area contributed by atoms with Crippen LogP contribution in [0.25, 0.3) is 0 Å².